The normalized spacial score (nSPS) is 12.0. The van der Waals surface area contributed by atoms with Gasteiger partial charge in [0.1, 0.15) is 0 Å². The molecule has 1 aliphatic carbocycles. The van der Waals surface area contributed by atoms with Gasteiger partial charge in [0.25, 0.3) is 0 Å². The fourth-order valence-electron chi connectivity index (χ4n) is 7.88. The quantitative estimate of drug-likeness (QED) is 0.181. The summed E-state index contributed by atoms with van der Waals surface area (Å²) < 4.78 is 2.62. The minimum Gasteiger partial charge on any atom is -0.309 e. The van der Waals surface area contributed by atoms with Gasteiger partial charge in [0.05, 0.1) is 16.1 Å². The van der Waals surface area contributed by atoms with E-state index in [4.69, 9.17) is 0 Å². The Morgan fingerprint density at radius 1 is 0.429 bits per heavy atom. The average Bonchev–Trinajstić information content (AvgIpc) is 3.75. The molecule has 0 spiro atoms. The summed E-state index contributed by atoms with van der Waals surface area (Å²) in [5.74, 6) is 0. The molecule has 1 nitrogen and oxygen atoms in total. The maximum Gasteiger partial charge on any atom is 0.0640 e. The summed E-state index contributed by atoms with van der Waals surface area (Å²) in [6.07, 6.45) is 0.926. The molecule has 0 saturated carbocycles. The summed E-state index contributed by atoms with van der Waals surface area (Å²) >= 11 is 1.89. The molecule has 230 valence electrons. The fourth-order valence-corrected chi connectivity index (χ4v) is 9.09. The summed E-state index contributed by atoms with van der Waals surface area (Å²) in [5.41, 5.74) is 14.0. The van der Waals surface area contributed by atoms with Gasteiger partial charge in [0, 0.05) is 27.6 Å². The Balaban J connectivity index is 1.19. The van der Waals surface area contributed by atoms with Crippen LogP contribution in [-0.4, -0.2) is 0 Å². The summed E-state index contributed by atoms with van der Waals surface area (Å²) in [6.45, 7) is 0. The summed E-state index contributed by atoms with van der Waals surface area (Å²) in [6, 6.07) is 64.6. The Morgan fingerprint density at radius 3 is 2.02 bits per heavy atom. The van der Waals surface area contributed by atoms with E-state index in [1.807, 2.05) is 11.3 Å². The SMILES string of the molecule is c1ccc(-c2ccc3ccccc3c2-c2ccc(N(c3cccc4c3Cc3ccccc3-4)c3cccc4c3sc3ccccc34)cc2)cc1. The maximum atomic E-state index is 2.51. The van der Waals surface area contributed by atoms with E-state index >= 15 is 0 Å². The van der Waals surface area contributed by atoms with Gasteiger partial charge in [-0.1, -0.05) is 146 Å². The van der Waals surface area contributed by atoms with Crippen molar-refractivity contribution >= 4 is 59.3 Å². The van der Waals surface area contributed by atoms with Crippen molar-refractivity contribution in [3.63, 3.8) is 0 Å². The fraction of sp³-hybridized carbons (Fsp3) is 0.0213. The number of nitrogens with zero attached hydrogens (tertiary/aromatic N) is 1. The highest BCUT2D eigenvalue weighted by Gasteiger charge is 2.26. The second-order valence-corrected chi connectivity index (χ2v) is 13.9. The number of thiophene rings is 1. The lowest BCUT2D eigenvalue weighted by molar-refractivity contribution is 1.21. The van der Waals surface area contributed by atoms with Gasteiger partial charge in [-0.15, -0.1) is 11.3 Å². The van der Waals surface area contributed by atoms with Gasteiger partial charge in [-0.3, -0.25) is 0 Å². The number of benzene rings is 8. The molecule has 0 saturated heterocycles. The molecule has 0 fully saturated rings. The van der Waals surface area contributed by atoms with Crippen LogP contribution in [0.1, 0.15) is 11.1 Å². The predicted molar refractivity (Wildman–Crippen MR) is 211 cm³/mol. The zero-order chi connectivity index (χ0) is 32.3. The lowest BCUT2D eigenvalue weighted by Gasteiger charge is -2.28. The van der Waals surface area contributed by atoms with Gasteiger partial charge in [-0.2, -0.15) is 0 Å². The van der Waals surface area contributed by atoms with Gasteiger partial charge in [0.15, 0.2) is 0 Å². The Kier molecular flexibility index (Phi) is 6.50. The monoisotopic (exact) mass is 641 g/mol. The van der Waals surface area contributed by atoms with E-state index in [1.54, 1.807) is 0 Å². The van der Waals surface area contributed by atoms with Crippen LogP contribution in [0.15, 0.2) is 176 Å². The Bertz CT molecular complexity index is 2680. The van der Waals surface area contributed by atoms with E-state index < -0.39 is 0 Å². The first-order valence-corrected chi connectivity index (χ1v) is 17.7. The molecule has 1 heterocycles. The van der Waals surface area contributed by atoms with E-state index in [0.717, 1.165) is 12.1 Å². The number of rotatable bonds is 5. The highest BCUT2D eigenvalue weighted by Crippen LogP contribution is 2.49. The van der Waals surface area contributed by atoms with Crippen molar-refractivity contribution in [2.45, 2.75) is 6.42 Å². The van der Waals surface area contributed by atoms with Crippen molar-refractivity contribution in [2.24, 2.45) is 0 Å². The van der Waals surface area contributed by atoms with Crippen LogP contribution in [0.3, 0.4) is 0 Å². The van der Waals surface area contributed by atoms with Crippen LogP contribution in [0.2, 0.25) is 0 Å². The molecule has 2 heteroatoms. The standard InChI is InChI=1S/C47H31NS/c1-2-12-31(13-3-1)38-29-26-32-14-4-7-17-37(32)46(38)33-24-27-35(28-25-33)48(43-21-10-19-39-36-16-6-5-15-34(36)30-42(39)43)44-22-11-20-41-40-18-8-9-23-45(40)49-47(41)44/h1-29H,30H2. The molecular formula is C47H31NS. The van der Waals surface area contributed by atoms with E-state index in [-0.39, 0.29) is 0 Å². The van der Waals surface area contributed by atoms with Crippen molar-refractivity contribution < 1.29 is 0 Å². The van der Waals surface area contributed by atoms with Gasteiger partial charge < -0.3 is 4.90 Å². The van der Waals surface area contributed by atoms with Crippen LogP contribution in [0.5, 0.6) is 0 Å². The molecule has 0 radical (unpaired) electrons. The zero-order valence-electron chi connectivity index (χ0n) is 26.8. The minimum absolute atomic E-state index is 0.926. The molecule has 1 aromatic heterocycles. The summed E-state index contributed by atoms with van der Waals surface area (Å²) in [7, 11) is 0. The van der Waals surface area contributed by atoms with Crippen LogP contribution < -0.4 is 4.90 Å². The second-order valence-electron chi connectivity index (χ2n) is 12.8. The third-order valence-corrected chi connectivity index (χ3v) is 11.3. The molecule has 0 N–H and O–H groups in total. The van der Waals surface area contributed by atoms with Crippen LogP contribution in [0.25, 0.3) is 64.3 Å². The zero-order valence-corrected chi connectivity index (χ0v) is 27.6. The van der Waals surface area contributed by atoms with Crippen LogP contribution >= 0.6 is 11.3 Å². The lowest BCUT2D eigenvalue weighted by Crippen LogP contribution is -2.12. The smallest absolute Gasteiger partial charge is 0.0640 e. The van der Waals surface area contributed by atoms with Crippen molar-refractivity contribution in [1.82, 2.24) is 0 Å². The van der Waals surface area contributed by atoms with E-state index in [1.165, 1.54) is 86.8 Å². The first kappa shape index (κ1) is 28.1. The third-order valence-electron chi connectivity index (χ3n) is 10.1. The Morgan fingerprint density at radius 2 is 1.12 bits per heavy atom. The van der Waals surface area contributed by atoms with E-state index in [9.17, 15) is 0 Å². The number of anilines is 3. The average molecular weight is 642 g/mol. The molecule has 49 heavy (non-hydrogen) atoms. The van der Waals surface area contributed by atoms with Crippen molar-refractivity contribution in [1.29, 1.82) is 0 Å². The van der Waals surface area contributed by atoms with Gasteiger partial charge >= 0.3 is 0 Å². The molecular weight excluding hydrogens is 611 g/mol. The Labute approximate surface area is 290 Å². The molecule has 8 aromatic carbocycles. The first-order valence-electron chi connectivity index (χ1n) is 16.9. The predicted octanol–water partition coefficient (Wildman–Crippen LogP) is 13.6. The van der Waals surface area contributed by atoms with Crippen molar-refractivity contribution in [3.8, 4) is 33.4 Å². The third kappa shape index (κ3) is 4.53. The van der Waals surface area contributed by atoms with Gasteiger partial charge in [-0.25, -0.2) is 0 Å². The first-order chi connectivity index (χ1) is 24.3. The largest absolute Gasteiger partial charge is 0.309 e. The molecule has 0 unspecified atom stereocenters. The molecule has 0 bridgehead atoms. The van der Waals surface area contributed by atoms with Gasteiger partial charge in [0.2, 0.25) is 0 Å². The molecule has 1 aliphatic rings. The van der Waals surface area contributed by atoms with Crippen LogP contribution in [-0.2, 0) is 6.42 Å². The number of hydrogen-bond donors (Lipinski definition) is 0. The van der Waals surface area contributed by atoms with E-state index in [2.05, 4.69) is 181 Å². The van der Waals surface area contributed by atoms with Crippen LogP contribution in [0.4, 0.5) is 17.1 Å². The van der Waals surface area contributed by atoms with Crippen molar-refractivity contribution in [3.05, 3.63) is 187 Å². The minimum atomic E-state index is 0.926. The lowest BCUT2D eigenvalue weighted by atomic mass is 9.89. The van der Waals surface area contributed by atoms with E-state index in [0.29, 0.717) is 0 Å². The number of hydrogen-bond acceptors (Lipinski definition) is 2. The van der Waals surface area contributed by atoms with Crippen LogP contribution in [0, 0.1) is 0 Å². The molecule has 10 rings (SSSR count). The Hall–Kier alpha value is -5.96. The van der Waals surface area contributed by atoms with Crippen molar-refractivity contribution in [2.75, 3.05) is 4.90 Å². The molecule has 0 atom stereocenters. The summed E-state index contributed by atoms with van der Waals surface area (Å²) in [5, 5.41) is 5.13. The highest BCUT2D eigenvalue weighted by molar-refractivity contribution is 7.26. The maximum absolute atomic E-state index is 2.51. The molecule has 9 aromatic rings. The van der Waals surface area contributed by atoms with Gasteiger partial charge in [-0.05, 0) is 85.6 Å². The highest BCUT2D eigenvalue weighted by atomic mass is 32.1. The molecule has 0 amide bonds. The number of fused-ring (bicyclic) bond motifs is 7. The second kappa shape index (κ2) is 11.3. The molecule has 0 aliphatic heterocycles. The topological polar surface area (TPSA) is 3.24 Å². The summed E-state index contributed by atoms with van der Waals surface area (Å²) in [4.78, 5) is 2.51.